The van der Waals surface area contributed by atoms with Gasteiger partial charge in [-0.05, 0) is 25.2 Å². The molecule has 1 amide bonds. The lowest BCUT2D eigenvalue weighted by molar-refractivity contribution is 0.105. The first kappa shape index (κ1) is 11.3. The molecule has 0 aromatic rings. The highest BCUT2D eigenvalue weighted by Crippen LogP contribution is 2.20. The van der Waals surface area contributed by atoms with E-state index in [-0.39, 0.29) is 6.09 Å². The summed E-state index contributed by atoms with van der Waals surface area (Å²) in [4.78, 5) is 12.9. The van der Waals surface area contributed by atoms with Gasteiger partial charge >= 0.3 is 6.09 Å². The van der Waals surface area contributed by atoms with E-state index in [2.05, 4.69) is 10.2 Å². The quantitative estimate of drug-likeness (QED) is 0.509. The van der Waals surface area contributed by atoms with Crippen LogP contribution in [0, 0.1) is 5.92 Å². The first-order valence-electron chi connectivity index (χ1n) is 5.04. The lowest BCUT2D eigenvalue weighted by atomic mass is 9.94. The smallest absolute Gasteiger partial charge is 0.409 e. The van der Waals surface area contributed by atoms with E-state index in [0.29, 0.717) is 5.92 Å². The molecule has 0 radical (unpaired) electrons. The molecule has 1 heterocycles. The third-order valence-corrected chi connectivity index (χ3v) is 2.74. The average molecular weight is 201 g/mol. The van der Waals surface area contributed by atoms with Crippen LogP contribution in [-0.2, 0) is 4.74 Å². The second-order valence-electron chi connectivity index (χ2n) is 3.64. The van der Waals surface area contributed by atoms with Gasteiger partial charge in [0, 0.05) is 19.6 Å². The lowest BCUT2D eigenvalue weighted by Crippen LogP contribution is -2.39. The van der Waals surface area contributed by atoms with E-state index in [1.165, 1.54) is 7.11 Å². The summed E-state index contributed by atoms with van der Waals surface area (Å²) < 4.78 is 4.66. The molecule has 1 fully saturated rings. The first-order chi connectivity index (χ1) is 6.77. The van der Waals surface area contributed by atoms with Gasteiger partial charge in [0.25, 0.3) is 0 Å². The maximum atomic E-state index is 11.2. The Kier molecular flexibility index (Phi) is 4.69. The summed E-state index contributed by atoms with van der Waals surface area (Å²) in [6.07, 6.45) is 2.99. The van der Waals surface area contributed by atoms with Crippen LogP contribution < -0.4 is 11.3 Å². The van der Waals surface area contributed by atoms with Crippen molar-refractivity contribution in [3.8, 4) is 0 Å². The standard InChI is InChI=1S/C9H19N3O2/c1-14-9(13)12-6-3-8(4-7-12)2-5-11-10/h8,11H,2-7,10H2,1H3. The minimum Gasteiger partial charge on any atom is -0.453 e. The average Bonchev–Trinajstić information content (AvgIpc) is 2.26. The van der Waals surface area contributed by atoms with Crippen LogP contribution in [0.15, 0.2) is 0 Å². The molecule has 82 valence electrons. The van der Waals surface area contributed by atoms with Gasteiger partial charge in [0.15, 0.2) is 0 Å². The van der Waals surface area contributed by atoms with E-state index >= 15 is 0 Å². The zero-order valence-electron chi connectivity index (χ0n) is 8.66. The number of carbonyl (C=O) groups is 1. The molecule has 5 nitrogen and oxygen atoms in total. The molecule has 0 aliphatic carbocycles. The molecule has 0 aromatic carbocycles. The van der Waals surface area contributed by atoms with Crippen molar-refractivity contribution < 1.29 is 9.53 Å². The summed E-state index contributed by atoms with van der Waals surface area (Å²) in [5.41, 5.74) is 2.65. The predicted molar refractivity (Wildman–Crippen MR) is 53.5 cm³/mol. The van der Waals surface area contributed by atoms with Crippen LogP contribution in [-0.4, -0.2) is 37.7 Å². The summed E-state index contributed by atoms with van der Waals surface area (Å²) in [5, 5.41) is 0. The third kappa shape index (κ3) is 3.16. The third-order valence-electron chi connectivity index (χ3n) is 2.74. The molecule has 0 aromatic heterocycles. The zero-order valence-corrected chi connectivity index (χ0v) is 8.66. The van der Waals surface area contributed by atoms with Gasteiger partial charge < -0.3 is 9.64 Å². The molecule has 3 N–H and O–H groups in total. The van der Waals surface area contributed by atoms with E-state index < -0.39 is 0 Å². The minimum atomic E-state index is -0.208. The molecular formula is C9H19N3O2. The Hall–Kier alpha value is -0.810. The van der Waals surface area contributed by atoms with Crippen molar-refractivity contribution in [2.45, 2.75) is 19.3 Å². The number of hydrogen-bond acceptors (Lipinski definition) is 4. The minimum absolute atomic E-state index is 0.208. The lowest BCUT2D eigenvalue weighted by Gasteiger charge is -2.30. The van der Waals surface area contributed by atoms with Crippen LogP contribution >= 0.6 is 0 Å². The largest absolute Gasteiger partial charge is 0.453 e. The fourth-order valence-corrected chi connectivity index (χ4v) is 1.82. The van der Waals surface area contributed by atoms with Crippen molar-refractivity contribution in [2.75, 3.05) is 26.7 Å². The monoisotopic (exact) mass is 201 g/mol. The van der Waals surface area contributed by atoms with E-state index in [4.69, 9.17) is 5.84 Å². The topological polar surface area (TPSA) is 67.6 Å². The van der Waals surface area contributed by atoms with Gasteiger partial charge in [0.2, 0.25) is 0 Å². The number of nitrogens with zero attached hydrogens (tertiary/aromatic N) is 1. The maximum absolute atomic E-state index is 11.2. The summed E-state index contributed by atoms with van der Waals surface area (Å²) in [6.45, 7) is 2.46. The molecule has 0 spiro atoms. The molecule has 1 saturated heterocycles. The first-order valence-corrected chi connectivity index (χ1v) is 5.04. The van der Waals surface area contributed by atoms with Crippen LogP contribution in [0.2, 0.25) is 0 Å². The number of carbonyl (C=O) groups excluding carboxylic acids is 1. The number of nitrogens with two attached hydrogens (primary N) is 1. The number of hydrogen-bond donors (Lipinski definition) is 2. The van der Waals surface area contributed by atoms with Crippen molar-refractivity contribution >= 4 is 6.09 Å². The summed E-state index contributed by atoms with van der Waals surface area (Å²) in [5.74, 6) is 5.90. The number of likely N-dealkylation sites (tertiary alicyclic amines) is 1. The number of methoxy groups -OCH3 is 1. The molecule has 0 saturated carbocycles. The second kappa shape index (κ2) is 5.82. The summed E-state index contributed by atoms with van der Waals surface area (Å²) >= 11 is 0. The fraction of sp³-hybridized carbons (Fsp3) is 0.889. The number of rotatable bonds is 3. The van der Waals surface area contributed by atoms with Crippen LogP contribution in [0.25, 0.3) is 0 Å². The Bertz CT molecular complexity index is 179. The Morgan fingerprint density at radius 2 is 2.21 bits per heavy atom. The molecule has 1 rings (SSSR count). The van der Waals surface area contributed by atoms with Gasteiger partial charge in [0.1, 0.15) is 0 Å². The van der Waals surface area contributed by atoms with E-state index in [1.54, 1.807) is 4.90 Å². The van der Waals surface area contributed by atoms with Crippen LogP contribution in [0.4, 0.5) is 4.79 Å². The number of piperidine rings is 1. The van der Waals surface area contributed by atoms with E-state index in [0.717, 1.165) is 38.9 Å². The number of hydrazine groups is 1. The SMILES string of the molecule is COC(=O)N1CCC(CCNN)CC1. The highest BCUT2D eigenvalue weighted by molar-refractivity contribution is 5.67. The number of ether oxygens (including phenoxy) is 1. The van der Waals surface area contributed by atoms with E-state index in [1.807, 2.05) is 0 Å². The summed E-state index contributed by atoms with van der Waals surface area (Å²) in [6, 6.07) is 0. The van der Waals surface area contributed by atoms with Gasteiger partial charge in [-0.1, -0.05) is 0 Å². The Balaban J connectivity index is 2.20. The van der Waals surface area contributed by atoms with E-state index in [9.17, 15) is 4.79 Å². The van der Waals surface area contributed by atoms with Crippen molar-refractivity contribution in [3.63, 3.8) is 0 Å². The van der Waals surface area contributed by atoms with Crippen molar-refractivity contribution in [2.24, 2.45) is 11.8 Å². The van der Waals surface area contributed by atoms with Gasteiger partial charge in [-0.2, -0.15) is 0 Å². The molecular weight excluding hydrogens is 182 g/mol. The molecule has 0 atom stereocenters. The predicted octanol–water partition coefficient (Wildman–Crippen LogP) is 0.318. The molecule has 5 heteroatoms. The molecule has 0 unspecified atom stereocenters. The molecule has 1 aliphatic heterocycles. The Labute approximate surface area is 84.5 Å². The fourth-order valence-electron chi connectivity index (χ4n) is 1.82. The van der Waals surface area contributed by atoms with Crippen molar-refractivity contribution in [3.05, 3.63) is 0 Å². The van der Waals surface area contributed by atoms with Gasteiger partial charge in [-0.15, -0.1) is 0 Å². The van der Waals surface area contributed by atoms with Gasteiger partial charge in [-0.25, -0.2) is 4.79 Å². The number of nitrogens with one attached hydrogen (secondary N) is 1. The molecule has 14 heavy (non-hydrogen) atoms. The van der Waals surface area contributed by atoms with Crippen molar-refractivity contribution in [1.82, 2.24) is 10.3 Å². The van der Waals surface area contributed by atoms with Crippen LogP contribution in [0.1, 0.15) is 19.3 Å². The zero-order chi connectivity index (χ0) is 10.4. The van der Waals surface area contributed by atoms with Crippen molar-refractivity contribution in [1.29, 1.82) is 0 Å². The Morgan fingerprint density at radius 1 is 1.57 bits per heavy atom. The summed E-state index contributed by atoms with van der Waals surface area (Å²) in [7, 11) is 1.42. The Morgan fingerprint density at radius 3 is 2.71 bits per heavy atom. The maximum Gasteiger partial charge on any atom is 0.409 e. The highest BCUT2D eigenvalue weighted by Gasteiger charge is 2.22. The van der Waals surface area contributed by atoms with Crippen LogP contribution in [0.5, 0.6) is 0 Å². The number of amides is 1. The normalized spacial score (nSPS) is 18.3. The highest BCUT2D eigenvalue weighted by atomic mass is 16.5. The molecule has 0 bridgehead atoms. The van der Waals surface area contributed by atoms with Gasteiger partial charge in [0.05, 0.1) is 7.11 Å². The molecule has 1 aliphatic rings. The van der Waals surface area contributed by atoms with Crippen LogP contribution in [0.3, 0.4) is 0 Å². The second-order valence-corrected chi connectivity index (χ2v) is 3.64. The van der Waals surface area contributed by atoms with Gasteiger partial charge in [-0.3, -0.25) is 11.3 Å².